The van der Waals surface area contributed by atoms with Gasteiger partial charge < -0.3 is 14.7 Å². The van der Waals surface area contributed by atoms with E-state index in [-0.39, 0.29) is 28.7 Å². The van der Waals surface area contributed by atoms with Crippen LogP contribution in [0.2, 0.25) is 0 Å². The van der Waals surface area contributed by atoms with Crippen molar-refractivity contribution in [3.63, 3.8) is 0 Å². The van der Waals surface area contributed by atoms with Crippen molar-refractivity contribution in [1.82, 2.24) is 15.4 Å². The first-order chi connectivity index (χ1) is 9.91. The van der Waals surface area contributed by atoms with Crippen LogP contribution < -0.4 is 5.32 Å². The zero-order valence-electron chi connectivity index (χ0n) is 14.0. The van der Waals surface area contributed by atoms with Crippen LogP contribution in [-0.2, 0) is 6.54 Å². The number of nitrogens with zero attached hydrogens (tertiary/aromatic N) is 3. The molecule has 1 saturated heterocycles. The average Bonchev–Trinajstić information content (AvgIpc) is 2.87. The van der Waals surface area contributed by atoms with E-state index in [1.165, 1.54) is 0 Å². The van der Waals surface area contributed by atoms with Crippen LogP contribution in [0.15, 0.2) is 15.6 Å². The molecule has 1 aromatic heterocycles. The van der Waals surface area contributed by atoms with E-state index in [1.807, 2.05) is 24.9 Å². The highest BCUT2D eigenvalue weighted by atomic mass is 127. The van der Waals surface area contributed by atoms with Crippen LogP contribution in [0.4, 0.5) is 0 Å². The Bertz CT molecular complexity index is 501. The Hall–Kier alpha value is -0.440. The van der Waals surface area contributed by atoms with E-state index in [0.29, 0.717) is 12.5 Å². The van der Waals surface area contributed by atoms with Gasteiger partial charge in [-0.15, -0.1) is 24.0 Å². The molecule has 0 aliphatic carbocycles. The van der Waals surface area contributed by atoms with Gasteiger partial charge in [0.25, 0.3) is 0 Å². The van der Waals surface area contributed by atoms with Gasteiger partial charge in [-0.3, -0.25) is 4.99 Å². The lowest BCUT2D eigenvalue weighted by atomic mass is 10.1. The van der Waals surface area contributed by atoms with E-state index in [9.17, 15) is 0 Å². The highest BCUT2D eigenvalue weighted by Gasteiger charge is 2.28. The minimum absolute atomic E-state index is 0. The fourth-order valence-corrected chi connectivity index (χ4v) is 3.49. The standard InChI is InChI=1S/C15H26N4OS.HI/c1-11(2)13-8-12(20-18-13)9-17-14(16-5)19-6-7-21-15(3,4)10-19;/h8,11H,6-7,9-10H2,1-5H3,(H,16,17);1H. The Morgan fingerprint density at radius 3 is 2.82 bits per heavy atom. The van der Waals surface area contributed by atoms with Crippen molar-refractivity contribution >= 4 is 41.7 Å². The first-order valence-electron chi connectivity index (χ1n) is 7.46. The van der Waals surface area contributed by atoms with Crippen molar-refractivity contribution < 1.29 is 4.52 Å². The molecule has 1 aliphatic heterocycles. The van der Waals surface area contributed by atoms with Crippen molar-refractivity contribution in [2.75, 3.05) is 25.9 Å². The van der Waals surface area contributed by atoms with Crippen LogP contribution in [0.1, 0.15) is 45.1 Å². The summed E-state index contributed by atoms with van der Waals surface area (Å²) in [6, 6.07) is 2.01. The number of guanidine groups is 1. The van der Waals surface area contributed by atoms with Crippen molar-refractivity contribution in [2.24, 2.45) is 4.99 Å². The minimum Gasteiger partial charge on any atom is -0.359 e. The molecule has 0 bridgehead atoms. The molecule has 1 fully saturated rings. The first-order valence-corrected chi connectivity index (χ1v) is 8.45. The third-order valence-corrected chi connectivity index (χ3v) is 4.82. The summed E-state index contributed by atoms with van der Waals surface area (Å²) in [5.74, 6) is 3.31. The quantitative estimate of drug-likeness (QED) is 0.446. The molecule has 1 aromatic rings. The van der Waals surface area contributed by atoms with E-state index in [0.717, 1.165) is 36.3 Å². The van der Waals surface area contributed by atoms with E-state index < -0.39 is 0 Å². The van der Waals surface area contributed by atoms with E-state index >= 15 is 0 Å². The molecular formula is C15H27IN4OS. The van der Waals surface area contributed by atoms with Crippen molar-refractivity contribution in [2.45, 2.75) is 44.9 Å². The maximum atomic E-state index is 5.36. The fourth-order valence-electron chi connectivity index (χ4n) is 2.38. The number of rotatable bonds is 3. The third-order valence-electron chi connectivity index (χ3n) is 3.53. The van der Waals surface area contributed by atoms with E-state index in [4.69, 9.17) is 4.52 Å². The van der Waals surface area contributed by atoms with Gasteiger partial charge in [0, 0.05) is 36.7 Å². The summed E-state index contributed by atoms with van der Waals surface area (Å²) < 4.78 is 5.63. The molecule has 2 rings (SSSR count). The van der Waals surface area contributed by atoms with Gasteiger partial charge in [-0.1, -0.05) is 19.0 Å². The predicted molar refractivity (Wildman–Crippen MR) is 104 cm³/mol. The summed E-state index contributed by atoms with van der Waals surface area (Å²) in [4.78, 5) is 6.71. The van der Waals surface area contributed by atoms with Gasteiger partial charge in [0.05, 0.1) is 12.2 Å². The number of aliphatic imine (C=N–C) groups is 1. The fraction of sp³-hybridized carbons (Fsp3) is 0.733. The van der Waals surface area contributed by atoms with E-state index in [1.54, 1.807) is 0 Å². The average molecular weight is 438 g/mol. The predicted octanol–water partition coefficient (Wildman–Crippen LogP) is 3.32. The topological polar surface area (TPSA) is 53.7 Å². The number of hydrogen-bond donors (Lipinski definition) is 1. The number of nitrogens with one attached hydrogen (secondary N) is 1. The van der Waals surface area contributed by atoms with Crippen LogP contribution in [-0.4, -0.2) is 46.7 Å². The lowest BCUT2D eigenvalue weighted by molar-refractivity contribution is 0.356. The second-order valence-electron chi connectivity index (χ2n) is 6.30. The summed E-state index contributed by atoms with van der Waals surface area (Å²) in [7, 11) is 1.83. The maximum Gasteiger partial charge on any atom is 0.194 e. The lowest BCUT2D eigenvalue weighted by Gasteiger charge is -2.39. The molecule has 0 atom stereocenters. The zero-order valence-corrected chi connectivity index (χ0v) is 17.2. The second kappa shape index (κ2) is 8.42. The SMILES string of the molecule is CN=C(NCc1cc(C(C)C)no1)N1CCSC(C)(C)C1.I. The van der Waals surface area contributed by atoms with Gasteiger partial charge in [-0.25, -0.2) is 0 Å². The molecule has 0 aromatic carbocycles. The zero-order chi connectivity index (χ0) is 15.5. The van der Waals surface area contributed by atoms with Gasteiger partial charge in [-0.2, -0.15) is 11.8 Å². The Morgan fingerprint density at radius 1 is 1.55 bits per heavy atom. The molecule has 22 heavy (non-hydrogen) atoms. The number of thioether (sulfide) groups is 1. The highest BCUT2D eigenvalue weighted by molar-refractivity contribution is 14.0. The molecule has 1 aliphatic rings. The molecule has 0 saturated carbocycles. The highest BCUT2D eigenvalue weighted by Crippen LogP contribution is 2.29. The van der Waals surface area contributed by atoms with Gasteiger partial charge in [-0.05, 0) is 19.8 Å². The summed E-state index contributed by atoms with van der Waals surface area (Å²) in [6.07, 6.45) is 0. The molecule has 0 amide bonds. The van der Waals surface area contributed by atoms with E-state index in [2.05, 4.69) is 48.1 Å². The molecule has 2 heterocycles. The number of aromatic nitrogens is 1. The van der Waals surface area contributed by atoms with Gasteiger partial charge in [0.1, 0.15) is 0 Å². The van der Waals surface area contributed by atoms with Crippen molar-refractivity contribution in [3.8, 4) is 0 Å². The molecule has 7 heteroatoms. The van der Waals surface area contributed by atoms with Crippen molar-refractivity contribution in [3.05, 3.63) is 17.5 Å². The maximum absolute atomic E-state index is 5.36. The Morgan fingerprint density at radius 2 is 2.27 bits per heavy atom. The molecule has 1 N–H and O–H groups in total. The van der Waals surface area contributed by atoms with Crippen LogP contribution in [0.25, 0.3) is 0 Å². The monoisotopic (exact) mass is 438 g/mol. The summed E-state index contributed by atoms with van der Waals surface area (Å²) in [5.41, 5.74) is 0.997. The normalized spacial score (nSPS) is 18.3. The number of hydrogen-bond acceptors (Lipinski definition) is 4. The molecule has 0 unspecified atom stereocenters. The largest absolute Gasteiger partial charge is 0.359 e. The van der Waals surface area contributed by atoms with Gasteiger partial charge in [0.2, 0.25) is 0 Å². The van der Waals surface area contributed by atoms with Crippen LogP contribution in [0, 0.1) is 0 Å². The minimum atomic E-state index is 0. The van der Waals surface area contributed by atoms with Gasteiger partial charge in [0.15, 0.2) is 11.7 Å². The number of halogens is 1. The molecule has 0 radical (unpaired) electrons. The Balaban J connectivity index is 0.00000242. The van der Waals surface area contributed by atoms with Gasteiger partial charge >= 0.3 is 0 Å². The summed E-state index contributed by atoms with van der Waals surface area (Å²) >= 11 is 2.02. The first kappa shape index (κ1) is 19.6. The lowest BCUT2D eigenvalue weighted by Crippen LogP contribution is -2.50. The summed E-state index contributed by atoms with van der Waals surface area (Å²) in [6.45, 7) is 11.4. The molecule has 0 spiro atoms. The molecular weight excluding hydrogens is 411 g/mol. The van der Waals surface area contributed by atoms with Crippen LogP contribution in [0.3, 0.4) is 0 Å². The smallest absolute Gasteiger partial charge is 0.194 e. The second-order valence-corrected chi connectivity index (χ2v) is 8.11. The Labute approximate surface area is 154 Å². The van der Waals surface area contributed by atoms with Crippen LogP contribution >= 0.6 is 35.7 Å². The summed E-state index contributed by atoms with van der Waals surface area (Å²) in [5, 5.41) is 7.46. The van der Waals surface area contributed by atoms with Crippen LogP contribution in [0.5, 0.6) is 0 Å². The Kier molecular flexibility index (Phi) is 7.51. The van der Waals surface area contributed by atoms with Crippen molar-refractivity contribution in [1.29, 1.82) is 0 Å². The third kappa shape index (κ3) is 5.33. The molecule has 5 nitrogen and oxygen atoms in total. The molecule has 126 valence electrons.